The van der Waals surface area contributed by atoms with Crippen molar-refractivity contribution >= 4 is 0 Å². The molecular formula is C7H10O2. The molecule has 1 aliphatic rings. The summed E-state index contributed by atoms with van der Waals surface area (Å²) in [4.78, 5) is 0. The highest BCUT2D eigenvalue weighted by Gasteiger charge is 2.07. The minimum atomic E-state index is -0.677. The molecule has 0 aromatic rings. The first-order valence-electron chi connectivity index (χ1n) is 3.00. The van der Waals surface area contributed by atoms with E-state index in [2.05, 4.69) is 0 Å². The Kier molecular flexibility index (Phi) is 2.03. The molecular weight excluding hydrogens is 116 g/mol. The summed E-state index contributed by atoms with van der Waals surface area (Å²) >= 11 is 0. The Labute approximate surface area is 54.1 Å². The summed E-state index contributed by atoms with van der Waals surface area (Å²) in [5, 5.41) is 17.5. The number of aliphatic hydroxyl groups is 2. The minimum Gasteiger partial charge on any atom is -0.393 e. The van der Waals surface area contributed by atoms with Crippen LogP contribution in [0.5, 0.6) is 0 Å². The quantitative estimate of drug-likeness (QED) is 0.556. The molecule has 0 aliphatic heterocycles. The van der Waals surface area contributed by atoms with Crippen LogP contribution in [0.3, 0.4) is 0 Å². The van der Waals surface area contributed by atoms with Crippen LogP contribution in [-0.4, -0.2) is 22.9 Å². The lowest BCUT2D eigenvalue weighted by atomic mass is 10.2. The predicted molar refractivity (Wildman–Crippen MR) is 34.9 cm³/mol. The molecule has 50 valence electrons. The first-order chi connectivity index (χ1) is 4.34. The van der Waals surface area contributed by atoms with Gasteiger partial charge in [0.15, 0.2) is 0 Å². The molecule has 0 aromatic carbocycles. The normalized spacial score (nSPS) is 20.0. The van der Waals surface area contributed by atoms with Crippen LogP contribution in [0.2, 0.25) is 0 Å². The Bertz CT molecular complexity index is 147. The van der Waals surface area contributed by atoms with E-state index in [0.29, 0.717) is 0 Å². The molecule has 0 saturated carbocycles. The van der Waals surface area contributed by atoms with Gasteiger partial charge in [-0.15, -0.1) is 0 Å². The maximum absolute atomic E-state index is 8.99. The molecule has 9 heavy (non-hydrogen) atoms. The summed E-state index contributed by atoms with van der Waals surface area (Å²) in [5.74, 6) is 0. The fourth-order valence-electron chi connectivity index (χ4n) is 0.829. The van der Waals surface area contributed by atoms with Crippen molar-refractivity contribution in [1.29, 1.82) is 0 Å². The van der Waals surface area contributed by atoms with Crippen molar-refractivity contribution in [3.8, 4) is 0 Å². The van der Waals surface area contributed by atoms with Gasteiger partial charge in [-0.25, -0.2) is 0 Å². The third-order valence-corrected chi connectivity index (χ3v) is 1.36. The van der Waals surface area contributed by atoms with Crippen molar-refractivity contribution in [2.75, 3.05) is 6.61 Å². The highest BCUT2D eigenvalue weighted by Crippen LogP contribution is 2.11. The lowest BCUT2D eigenvalue weighted by molar-refractivity contribution is 0.125. The van der Waals surface area contributed by atoms with Gasteiger partial charge in [-0.1, -0.05) is 18.2 Å². The molecule has 0 amide bonds. The fourth-order valence-corrected chi connectivity index (χ4v) is 0.829. The van der Waals surface area contributed by atoms with Crippen LogP contribution in [0.25, 0.3) is 0 Å². The van der Waals surface area contributed by atoms with Crippen molar-refractivity contribution in [2.45, 2.75) is 12.5 Å². The van der Waals surface area contributed by atoms with Crippen molar-refractivity contribution in [2.24, 2.45) is 0 Å². The second-order valence-corrected chi connectivity index (χ2v) is 2.04. The SMILES string of the molecule is OCC(O)C1=CCC=C1. The average molecular weight is 126 g/mol. The summed E-state index contributed by atoms with van der Waals surface area (Å²) in [6, 6.07) is 0. The number of aliphatic hydroxyl groups excluding tert-OH is 2. The van der Waals surface area contributed by atoms with Crippen LogP contribution in [0.4, 0.5) is 0 Å². The molecule has 0 spiro atoms. The molecule has 1 aliphatic carbocycles. The second-order valence-electron chi connectivity index (χ2n) is 2.04. The van der Waals surface area contributed by atoms with Crippen LogP contribution < -0.4 is 0 Å². The molecule has 1 unspecified atom stereocenters. The van der Waals surface area contributed by atoms with Crippen LogP contribution >= 0.6 is 0 Å². The fraction of sp³-hybridized carbons (Fsp3) is 0.429. The van der Waals surface area contributed by atoms with E-state index in [0.717, 1.165) is 12.0 Å². The summed E-state index contributed by atoms with van der Waals surface area (Å²) in [5.41, 5.74) is 0.831. The van der Waals surface area contributed by atoms with E-state index in [9.17, 15) is 0 Å². The van der Waals surface area contributed by atoms with Gasteiger partial charge in [0.1, 0.15) is 6.10 Å². The van der Waals surface area contributed by atoms with E-state index in [4.69, 9.17) is 10.2 Å². The average Bonchev–Trinajstić information content (AvgIpc) is 2.37. The highest BCUT2D eigenvalue weighted by molar-refractivity contribution is 5.29. The topological polar surface area (TPSA) is 40.5 Å². The molecule has 0 fully saturated rings. The maximum atomic E-state index is 8.99. The second kappa shape index (κ2) is 2.80. The Morgan fingerprint density at radius 1 is 1.67 bits per heavy atom. The van der Waals surface area contributed by atoms with Crippen molar-refractivity contribution in [1.82, 2.24) is 0 Å². The molecule has 2 heteroatoms. The summed E-state index contributed by atoms with van der Waals surface area (Å²) < 4.78 is 0. The summed E-state index contributed by atoms with van der Waals surface area (Å²) in [7, 11) is 0. The summed E-state index contributed by atoms with van der Waals surface area (Å²) in [6.07, 6.45) is 5.89. The predicted octanol–water partition coefficient (Wildman–Crippen LogP) is 0.226. The van der Waals surface area contributed by atoms with E-state index in [1.165, 1.54) is 0 Å². The molecule has 0 heterocycles. The molecule has 0 aromatic heterocycles. The van der Waals surface area contributed by atoms with Crippen LogP contribution in [-0.2, 0) is 0 Å². The molecule has 0 bridgehead atoms. The van der Waals surface area contributed by atoms with Gasteiger partial charge in [-0.05, 0) is 12.0 Å². The van der Waals surface area contributed by atoms with Crippen LogP contribution in [0.1, 0.15) is 6.42 Å². The Morgan fingerprint density at radius 3 is 2.89 bits per heavy atom. The molecule has 1 rings (SSSR count). The smallest absolute Gasteiger partial charge is 0.102 e. The lowest BCUT2D eigenvalue weighted by Crippen LogP contribution is -2.12. The van der Waals surface area contributed by atoms with E-state index in [1.54, 1.807) is 0 Å². The Hall–Kier alpha value is -0.600. The first kappa shape index (κ1) is 6.52. The van der Waals surface area contributed by atoms with Gasteiger partial charge in [0.2, 0.25) is 0 Å². The number of hydrogen-bond acceptors (Lipinski definition) is 2. The number of allylic oxidation sites excluding steroid dienone is 2. The zero-order valence-corrected chi connectivity index (χ0v) is 5.12. The Morgan fingerprint density at radius 2 is 2.44 bits per heavy atom. The zero-order chi connectivity index (χ0) is 6.69. The minimum absolute atomic E-state index is 0.184. The van der Waals surface area contributed by atoms with Crippen LogP contribution in [0.15, 0.2) is 23.8 Å². The maximum Gasteiger partial charge on any atom is 0.102 e. The third-order valence-electron chi connectivity index (χ3n) is 1.36. The molecule has 1 atom stereocenters. The van der Waals surface area contributed by atoms with Gasteiger partial charge in [0.25, 0.3) is 0 Å². The van der Waals surface area contributed by atoms with E-state index in [-0.39, 0.29) is 6.61 Å². The molecule has 2 N–H and O–H groups in total. The van der Waals surface area contributed by atoms with Crippen molar-refractivity contribution < 1.29 is 10.2 Å². The molecule has 2 nitrogen and oxygen atoms in total. The van der Waals surface area contributed by atoms with Gasteiger partial charge >= 0.3 is 0 Å². The zero-order valence-electron chi connectivity index (χ0n) is 5.12. The monoisotopic (exact) mass is 126 g/mol. The molecule has 0 radical (unpaired) electrons. The van der Waals surface area contributed by atoms with E-state index >= 15 is 0 Å². The van der Waals surface area contributed by atoms with Crippen molar-refractivity contribution in [3.63, 3.8) is 0 Å². The summed E-state index contributed by atoms with van der Waals surface area (Å²) in [6.45, 7) is -0.184. The van der Waals surface area contributed by atoms with Gasteiger partial charge in [-0.2, -0.15) is 0 Å². The third kappa shape index (κ3) is 1.40. The number of rotatable bonds is 2. The van der Waals surface area contributed by atoms with Crippen LogP contribution in [0, 0.1) is 0 Å². The van der Waals surface area contributed by atoms with E-state index in [1.807, 2.05) is 18.2 Å². The van der Waals surface area contributed by atoms with Gasteiger partial charge < -0.3 is 10.2 Å². The standard InChI is InChI=1S/C7H10O2/c8-5-7(9)6-3-1-2-4-6/h1,3-4,7-9H,2,5H2. The van der Waals surface area contributed by atoms with E-state index < -0.39 is 6.10 Å². The first-order valence-corrected chi connectivity index (χ1v) is 3.00. The number of hydrogen-bond donors (Lipinski definition) is 2. The largest absolute Gasteiger partial charge is 0.393 e. The van der Waals surface area contributed by atoms with Gasteiger partial charge in [0, 0.05) is 0 Å². The highest BCUT2D eigenvalue weighted by atomic mass is 16.3. The lowest BCUT2D eigenvalue weighted by Gasteiger charge is -2.04. The van der Waals surface area contributed by atoms with Crippen molar-refractivity contribution in [3.05, 3.63) is 23.8 Å². The van der Waals surface area contributed by atoms with Gasteiger partial charge in [-0.3, -0.25) is 0 Å². The van der Waals surface area contributed by atoms with Gasteiger partial charge in [0.05, 0.1) is 6.61 Å². The molecule has 0 saturated heterocycles. The Balaban J connectivity index is 2.51.